The van der Waals surface area contributed by atoms with Gasteiger partial charge in [0.1, 0.15) is 0 Å². The van der Waals surface area contributed by atoms with Crippen molar-refractivity contribution in [3.8, 4) is 0 Å². The molecule has 1 fully saturated rings. The van der Waals surface area contributed by atoms with Crippen molar-refractivity contribution in [2.45, 2.75) is 42.7 Å². The van der Waals surface area contributed by atoms with Crippen LogP contribution in [-0.4, -0.2) is 32.9 Å². The van der Waals surface area contributed by atoms with Crippen LogP contribution in [0.4, 0.5) is 0 Å². The summed E-state index contributed by atoms with van der Waals surface area (Å²) in [5, 5.41) is 3.51. The number of nitrogens with one attached hydrogen (secondary N) is 1. The molecule has 0 amide bonds. The van der Waals surface area contributed by atoms with E-state index in [9.17, 15) is 8.42 Å². The predicted octanol–water partition coefficient (Wildman–Crippen LogP) is 2.06. The van der Waals surface area contributed by atoms with Crippen LogP contribution in [0.2, 0.25) is 0 Å². The predicted molar refractivity (Wildman–Crippen MR) is 77.4 cm³/mol. The maximum absolute atomic E-state index is 12.1. The van der Waals surface area contributed by atoms with Crippen LogP contribution < -0.4 is 5.32 Å². The smallest absolute Gasteiger partial charge is 0.178 e. The fourth-order valence-electron chi connectivity index (χ4n) is 3.12. The van der Waals surface area contributed by atoms with E-state index in [2.05, 4.69) is 12.2 Å². The molecule has 1 aromatic carbocycles. The second-order valence-corrected chi connectivity index (χ2v) is 8.06. The largest absolute Gasteiger partial charge is 0.374 e. The Morgan fingerprint density at radius 2 is 2.20 bits per heavy atom. The van der Waals surface area contributed by atoms with E-state index in [1.165, 1.54) is 0 Å². The first-order valence-corrected chi connectivity index (χ1v) is 8.84. The zero-order valence-electron chi connectivity index (χ0n) is 11.8. The van der Waals surface area contributed by atoms with Crippen LogP contribution >= 0.6 is 0 Å². The Hall–Kier alpha value is -0.910. The third kappa shape index (κ3) is 2.62. The number of ether oxygens (including phenoxy) is 1. The van der Waals surface area contributed by atoms with E-state index in [-0.39, 0.29) is 17.4 Å². The molecule has 0 radical (unpaired) electrons. The standard InChI is InChI=1S/C15H21NO3S/c1-15(8-4-9-19-15)11-16-13-7-10-20(17,18)14-6-3-2-5-12(13)14/h2-3,5-6,13,16H,4,7-11H2,1H3. The molecule has 2 aliphatic rings. The van der Waals surface area contributed by atoms with Crippen molar-refractivity contribution in [3.63, 3.8) is 0 Å². The van der Waals surface area contributed by atoms with Crippen LogP contribution in [0.3, 0.4) is 0 Å². The van der Waals surface area contributed by atoms with Crippen molar-refractivity contribution in [2.75, 3.05) is 18.9 Å². The minimum Gasteiger partial charge on any atom is -0.374 e. The second-order valence-electron chi connectivity index (χ2n) is 5.98. The Kier molecular flexibility index (Phi) is 3.60. The Labute approximate surface area is 120 Å². The first kappa shape index (κ1) is 14.0. The van der Waals surface area contributed by atoms with E-state index >= 15 is 0 Å². The normalized spacial score (nSPS) is 31.9. The zero-order chi connectivity index (χ0) is 14.2. The lowest BCUT2D eigenvalue weighted by molar-refractivity contribution is 0.0185. The molecular formula is C15H21NO3S. The van der Waals surface area contributed by atoms with Gasteiger partial charge in [0.05, 0.1) is 16.2 Å². The van der Waals surface area contributed by atoms with Crippen LogP contribution in [0, 0.1) is 0 Å². The van der Waals surface area contributed by atoms with Gasteiger partial charge in [0.15, 0.2) is 9.84 Å². The first-order chi connectivity index (χ1) is 9.50. The van der Waals surface area contributed by atoms with Gasteiger partial charge in [-0.25, -0.2) is 8.42 Å². The summed E-state index contributed by atoms with van der Waals surface area (Å²) >= 11 is 0. The summed E-state index contributed by atoms with van der Waals surface area (Å²) in [6, 6.07) is 7.44. The fraction of sp³-hybridized carbons (Fsp3) is 0.600. The molecule has 0 aliphatic carbocycles. The lowest BCUT2D eigenvalue weighted by Gasteiger charge is -2.30. The monoisotopic (exact) mass is 295 g/mol. The van der Waals surface area contributed by atoms with Crippen molar-refractivity contribution in [1.82, 2.24) is 5.32 Å². The summed E-state index contributed by atoms with van der Waals surface area (Å²) < 4.78 is 30.0. The minimum atomic E-state index is -3.10. The highest BCUT2D eigenvalue weighted by molar-refractivity contribution is 7.91. The highest BCUT2D eigenvalue weighted by Gasteiger charge is 2.33. The lowest BCUT2D eigenvalue weighted by Crippen LogP contribution is -2.40. The lowest BCUT2D eigenvalue weighted by atomic mass is 9.99. The number of hydrogen-bond acceptors (Lipinski definition) is 4. The summed E-state index contributed by atoms with van der Waals surface area (Å²) in [5.41, 5.74) is 0.797. The molecule has 2 heterocycles. The molecule has 3 rings (SSSR count). The van der Waals surface area contributed by atoms with Gasteiger partial charge in [-0.15, -0.1) is 0 Å². The molecule has 4 nitrogen and oxygen atoms in total. The molecular weight excluding hydrogens is 274 g/mol. The van der Waals surface area contributed by atoms with E-state index in [0.717, 1.165) is 31.6 Å². The SMILES string of the molecule is CC1(CNC2CCS(=O)(=O)c3ccccc32)CCCO1. The number of hydrogen-bond donors (Lipinski definition) is 1. The summed E-state index contributed by atoms with van der Waals surface area (Å²) in [6.45, 7) is 3.72. The van der Waals surface area contributed by atoms with Gasteiger partial charge in [0.25, 0.3) is 0 Å². The Balaban J connectivity index is 1.78. The molecule has 0 bridgehead atoms. The average Bonchev–Trinajstić information content (AvgIpc) is 2.86. The van der Waals surface area contributed by atoms with Gasteiger partial charge in [-0.2, -0.15) is 0 Å². The molecule has 20 heavy (non-hydrogen) atoms. The van der Waals surface area contributed by atoms with Crippen molar-refractivity contribution >= 4 is 9.84 Å². The van der Waals surface area contributed by atoms with E-state index in [4.69, 9.17) is 4.74 Å². The van der Waals surface area contributed by atoms with Crippen LogP contribution in [-0.2, 0) is 14.6 Å². The third-order valence-electron chi connectivity index (χ3n) is 4.33. The quantitative estimate of drug-likeness (QED) is 0.927. The fourth-order valence-corrected chi connectivity index (χ4v) is 4.74. The maximum atomic E-state index is 12.1. The van der Waals surface area contributed by atoms with Gasteiger partial charge in [-0.1, -0.05) is 18.2 Å². The summed E-state index contributed by atoms with van der Waals surface area (Å²) in [5.74, 6) is 0.221. The number of rotatable bonds is 3. The molecule has 2 atom stereocenters. The molecule has 2 unspecified atom stereocenters. The van der Waals surface area contributed by atoms with Crippen molar-refractivity contribution in [2.24, 2.45) is 0 Å². The van der Waals surface area contributed by atoms with Crippen molar-refractivity contribution in [3.05, 3.63) is 29.8 Å². The van der Waals surface area contributed by atoms with Crippen molar-refractivity contribution < 1.29 is 13.2 Å². The van der Waals surface area contributed by atoms with E-state index in [1.807, 2.05) is 12.1 Å². The molecule has 110 valence electrons. The van der Waals surface area contributed by atoms with Crippen LogP contribution in [0.15, 0.2) is 29.2 Å². The molecule has 1 aromatic rings. The topological polar surface area (TPSA) is 55.4 Å². The first-order valence-electron chi connectivity index (χ1n) is 7.19. The molecule has 1 N–H and O–H groups in total. The van der Waals surface area contributed by atoms with E-state index in [0.29, 0.717) is 11.3 Å². The van der Waals surface area contributed by atoms with Gasteiger partial charge in [-0.05, 0) is 37.8 Å². The van der Waals surface area contributed by atoms with Gasteiger partial charge in [0, 0.05) is 19.2 Å². The highest BCUT2D eigenvalue weighted by atomic mass is 32.2. The van der Waals surface area contributed by atoms with E-state index < -0.39 is 9.84 Å². The Morgan fingerprint density at radius 3 is 2.95 bits per heavy atom. The Morgan fingerprint density at radius 1 is 1.40 bits per heavy atom. The molecule has 2 aliphatic heterocycles. The molecule has 0 aromatic heterocycles. The summed E-state index contributed by atoms with van der Waals surface area (Å²) in [7, 11) is -3.10. The molecule has 1 saturated heterocycles. The highest BCUT2D eigenvalue weighted by Crippen LogP contribution is 2.33. The minimum absolute atomic E-state index is 0.106. The second kappa shape index (κ2) is 5.13. The third-order valence-corrected chi connectivity index (χ3v) is 6.14. The molecule has 5 heteroatoms. The molecule has 0 saturated carbocycles. The van der Waals surface area contributed by atoms with Crippen LogP contribution in [0.1, 0.15) is 37.8 Å². The average molecular weight is 295 g/mol. The Bertz CT molecular complexity index is 591. The van der Waals surface area contributed by atoms with Crippen molar-refractivity contribution in [1.29, 1.82) is 0 Å². The number of fused-ring (bicyclic) bond motifs is 1. The number of sulfone groups is 1. The number of benzene rings is 1. The summed E-state index contributed by atoms with van der Waals surface area (Å²) in [6.07, 6.45) is 2.80. The van der Waals surface area contributed by atoms with E-state index in [1.54, 1.807) is 12.1 Å². The van der Waals surface area contributed by atoms with Gasteiger partial charge < -0.3 is 10.1 Å². The summed E-state index contributed by atoms with van der Waals surface area (Å²) in [4.78, 5) is 0.487. The van der Waals surface area contributed by atoms with Gasteiger partial charge >= 0.3 is 0 Å². The van der Waals surface area contributed by atoms with Crippen LogP contribution in [0.5, 0.6) is 0 Å². The zero-order valence-corrected chi connectivity index (χ0v) is 12.6. The van der Waals surface area contributed by atoms with Crippen LogP contribution in [0.25, 0.3) is 0 Å². The maximum Gasteiger partial charge on any atom is 0.178 e. The van der Waals surface area contributed by atoms with Gasteiger partial charge in [0.2, 0.25) is 0 Å². The van der Waals surface area contributed by atoms with Gasteiger partial charge in [-0.3, -0.25) is 0 Å². The molecule has 0 spiro atoms.